The SMILES string of the molecule is CCN(CC)CCCC(C)n1c(C)nc2c1CCNC2. The van der Waals surface area contributed by atoms with E-state index in [4.69, 9.17) is 4.98 Å². The third-order valence-electron chi connectivity index (χ3n) is 4.53. The van der Waals surface area contributed by atoms with Crippen LogP contribution >= 0.6 is 0 Å². The monoisotopic (exact) mass is 278 g/mol. The highest BCUT2D eigenvalue weighted by Crippen LogP contribution is 2.23. The van der Waals surface area contributed by atoms with E-state index in [1.165, 1.54) is 36.6 Å². The van der Waals surface area contributed by atoms with E-state index in [9.17, 15) is 0 Å². The number of hydrogen-bond acceptors (Lipinski definition) is 3. The highest BCUT2D eigenvalue weighted by atomic mass is 15.1. The predicted octanol–water partition coefficient (Wildman–Crippen LogP) is 2.52. The van der Waals surface area contributed by atoms with E-state index in [0.29, 0.717) is 6.04 Å². The summed E-state index contributed by atoms with van der Waals surface area (Å²) < 4.78 is 2.48. The van der Waals surface area contributed by atoms with Crippen molar-refractivity contribution in [3.63, 3.8) is 0 Å². The van der Waals surface area contributed by atoms with Gasteiger partial charge in [-0.05, 0) is 46.3 Å². The Hall–Kier alpha value is -0.870. The molecule has 0 spiro atoms. The number of nitrogens with zero attached hydrogens (tertiary/aromatic N) is 3. The summed E-state index contributed by atoms with van der Waals surface area (Å²) in [6, 6.07) is 0.569. The molecule has 1 aliphatic heterocycles. The molecule has 0 saturated carbocycles. The first kappa shape index (κ1) is 15.5. The summed E-state index contributed by atoms with van der Waals surface area (Å²) in [5.74, 6) is 1.19. The van der Waals surface area contributed by atoms with Gasteiger partial charge in [0, 0.05) is 31.2 Å². The number of rotatable bonds is 7. The molecule has 20 heavy (non-hydrogen) atoms. The van der Waals surface area contributed by atoms with Gasteiger partial charge in [0.05, 0.1) is 5.69 Å². The van der Waals surface area contributed by atoms with Crippen molar-refractivity contribution >= 4 is 0 Å². The van der Waals surface area contributed by atoms with Gasteiger partial charge in [0.15, 0.2) is 0 Å². The minimum Gasteiger partial charge on any atom is -0.329 e. The third kappa shape index (κ3) is 3.41. The van der Waals surface area contributed by atoms with Gasteiger partial charge in [-0.25, -0.2) is 4.98 Å². The van der Waals surface area contributed by atoms with E-state index in [1.807, 2.05) is 0 Å². The molecule has 114 valence electrons. The molecular weight excluding hydrogens is 248 g/mol. The Morgan fingerprint density at radius 1 is 1.35 bits per heavy atom. The van der Waals surface area contributed by atoms with Crippen LogP contribution in [0.3, 0.4) is 0 Å². The first-order valence-electron chi connectivity index (χ1n) is 8.17. The average molecular weight is 278 g/mol. The number of nitrogens with one attached hydrogen (secondary N) is 1. The third-order valence-corrected chi connectivity index (χ3v) is 4.53. The first-order chi connectivity index (χ1) is 9.67. The van der Waals surface area contributed by atoms with Gasteiger partial charge in [-0.3, -0.25) is 0 Å². The smallest absolute Gasteiger partial charge is 0.106 e. The fraction of sp³-hybridized carbons (Fsp3) is 0.812. The Balaban J connectivity index is 1.95. The lowest BCUT2D eigenvalue weighted by Crippen LogP contribution is -2.26. The van der Waals surface area contributed by atoms with Crippen LogP contribution in [0.4, 0.5) is 0 Å². The Labute approximate surface area is 123 Å². The maximum absolute atomic E-state index is 4.74. The zero-order chi connectivity index (χ0) is 14.5. The van der Waals surface area contributed by atoms with Crippen LogP contribution in [0, 0.1) is 6.92 Å². The fourth-order valence-electron chi connectivity index (χ4n) is 3.33. The van der Waals surface area contributed by atoms with Crippen molar-refractivity contribution in [3.8, 4) is 0 Å². The zero-order valence-corrected chi connectivity index (χ0v) is 13.6. The molecule has 1 aromatic rings. The Kier molecular flexibility index (Phi) is 5.61. The van der Waals surface area contributed by atoms with Gasteiger partial charge in [-0.15, -0.1) is 0 Å². The Bertz CT molecular complexity index is 420. The lowest BCUT2D eigenvalue weighted by molar-refractivity contribution is 0.287. The second-order valence-corrected chi connectivity index (χ2v) is 5.87. The van der Waals surface area contributed by atoms with Crippen molar-refractivity contribution in [2.24, 2.45) is 0 Å². The molecule has 0 bridgehead atoms. The molecule has 1 atom stereocenters. The molecule has 4 nitrogen and oxygen atoms in total. The minimum absolute atomic E-state index is 0.569. The van der Waals surface area contributed by atoms with Crippen molar-refractivity contribution < 1.29 is 0 Å². The molecule has 2 rings (SSSR count). The Morgan fingerprint density at radius 2 is 2.10 bits per heavy atom. The molecular formula is C16H30N4. The van der Waals surface area contributed by atoms with Crippen LogP contribution in [0.25, 0.3) is 0 Å². The van der Waals surface area contributed by atoms with Crippen molar-refractivity contribution in [3.05, 3.63) is 17.2 Å². The summed E-state index contributed by atoms with van der Waals surface area (Å²) in [4.78, 5) is 7.24. The van der Waals surface area contributed by atoms with E-state index < -0.39 is 0 Å². The van der Waals surface area contributed by atoms with Gasteiger partial charge in [-0.2, -0.15) is 0 Å². The van der Waals surface area contributed by atoms with Crippen LogP contribution in [0.5, 0.6) is 0 Å². The Morgan fingerprint density at radius 3 is 2.80 bits per heavy atom. The summed E-state index contributed by atoms with van der Waals surface area (Å²) in [7, 11) is 0. The normalized spacial score (nSPS) is 16.4. The van der Waals surface area contributed by atoms with Gasteiger partial charge in [0.25, 0.3) is 0 Å². The predicted molar refractivity (Wildman–Crippen MR) is 84.1 cm³/mol. The van der Waals surface area contributed by atoms with Gasteiger partial charge < -0.3 is 14.8 Å². The van der Waals surface area contributed by atoms with Crippen LogP contribution in [0.15, 0.2) is 0 Å². The van der Waals surface area contributed by atoms with Crippen LogP contribution in [-0.2, 0) is 13.0 Å². The van der Waals surface area contributed by atoms with Crippen molar-refractivity contribution in [1.82, 2.24) is 19.8 Å². The van der Waals surface area contributed by atoms with Crippen LogP contribution in [0.2, 0.25) is 0 Å². The maximum atomic E-state index is 4.74. The molecule has 1 aliphatic rings. The number of hydrogen-bond donors (Lipinski definition) is 1. The number of aryl methyl sites for hydroxylation is 1. The standard InChI is InChI=1S/C16H30N4/c1-5-19(6-2)11-7-8-13(3)20-14(4)18-15-12-17-10-9-16(15)20/h13,17H,5-12H2,1-4H3. The lowest BCUT2D eigenvalue weighted by Gasteiger charge is -2.23. The number of fused-ring (bicyclic) bond motifs is 1. The first-order valence-corrected chi connectivity index (χ1v) is 8.17. The van der Waals surface area contributed by atoms with Crippen molar-refractivity contribution in [2.75, 3.05) is 26.2 Å². The molecule has 0 amide bonds. The largest absolute Gasteiger partial charge is 0.329 e. The molecule has 0 fully saturated rings. The van der Waals surface area contributed by atoms with Crippen LogP contribution < -0.4 is 5.32 Å². The van der Waals surface area contributed by atoms with E-state index >= 15 is 0 Å². The fourth-order valence-corrected chi connectivity index (χ4v) is 3.33. The summed E-state index contributed by atoms with van der Waals surface area (Å²) in [6.07, 6.45) is 3.64. The zero-order valence-electron chi connectivity index (χ0n) is 13.6. The molecule has 0 saturated heterocycles. The summed E-state index contributed by atoms with van der Waals surface area (Å²) >= 11 is 0. The van der Waals surface area contributed by atoms with Gasteiger partial charge in [0.2, 0.25) is 0 Å². The second-order valence-electron chi connectivity index (χ2n) is 5.87. The second kappa shape index (κ2) is 7.23. The quantitative estimate of drug-likeness (QED) is 0.832. The highest BCUT2D eigenvalue weighted by Gasteiger charge is 2.20. The molecule has 1 N–H and O–H groups in total. The van der Waals surface area contributed by atoms with Gasteiger partial charge in [0.1, 0.15) is 5.82 Å². The number of imidazole rings is 1. The van der Waals surface area contributed by atoms with Crippen molar-refractivity contribution in [2.45, 2.75) is 59.5 Å². The van der Waals surface area contributed by atoms with Gasteiger partial charge >= 0.3 is 0 Å². The molecule has 2 heterocycles. The molecule has 4 heteroatoms. The molecule has 0 aliphatic carbocycles. The van der Waals surface area contributed by atoms with Crippen molar-refractivity contribution in [1.29, 1.82) is 0 Å². The van der Waals surface area contributed by atoms with E-state index in [2.05, 4.69) is 42.5 Å². The summed E-state index contributed by atoms with van der Waals surface area (Å²) in [5.41, 5.74) is 2.74. The molecule has 1 unspecified atom stereocenters. The lowest BCUT2D eigenvalue weighted by atomic mass is 10.1. The minimum atomic E-state index is 0.569. The van der Waals surface area contributed by atoms with E-state index in [1.54, 1.807) is 0 Å². The highest BCUT2D eigenvalue weighted by molar-refractivity contribution is 5.20. The van der Waals surface area contributed by atoms with E-state index in [-0.39, 0.29) is 0 Å². The summed E-state index contributed by atoms with van der Waals surface area (Å²) in [5, 5.41) is 3.41. The van der Waals surface area contributed by atoms with E-state index in [0.717, 1.165) is 32.6 Å². The van der Waals surface area contributed by atoms with Gasteiger partial charge in [-0.1, -0.05) is 13.8 Å². The summed E-state index contributed by atoms with van der Waals surface area (Å²) in [6.45, 7) is 14.6. The van der Waals surface area contributed by atoms with Crippen LogP contribution in [-0.4, -0.2) is 40.6 Å². The molecule has 0 aromatic carbocycles. The number of aromatic nitrogens is 2. The van der Waals surface area contributed by atoms with Crippen LogP contribution in [0.1, 0.15) is 56.9 Å². The average Bonchev–Trinajstić information content (AvgIpc) is 2.79. The maximum Gasteiger partial charge on any atom is 0.106 e. The molecule has 0 radical (unpaired) electrons. The molecule has 1 aromatic heterocycles. The topological polar surface area (TPSA) is 33.1 Å².